The smallest absolute Gasteiger partial charge is 0.291 e. The van der Waals surface area contributed by atoms with E-state index in [-0.39, 0.29) is 5.91 Å². The average molecular weight is 400 g/mol. The minimum absolute atomic E-state index is 0.256. The first-order valence-corrected chi connectivity index (χ1v) is 10.2. The number of H-pyrrole nitrogens is 1. The number of likely N-dealkylation sites (N-methyl/N-ethyl adjacent to an activating group) is 1. The Bertz CT molecular complexity index is 1180. The topological polar surface area (TPSA) is 73.3 Å². The summed E-state index contributed by atoms with van der Waals surface area (Å²) >= 11 is 0. The van der Waals surface area contributed by atoms with E-state index in [1.807, 2.05) is 67.8 Å². The average Bonchev–Trinajstić information content (AvgIpc) is 3.54. The SMILES string of the molecule is CNC1CCN(c2ccc(NC(=O)c3ccc(-c4ccc5[nH]ccc5c4)o3)cc2)C1. The number of fused-ring (bicyclic) bond motifs is 1. The Hall–Kier alpha value is -3.51. The first-order chi connectivity index (χ1) is 14.7. The number of amides is 1. The maximum atomic E-state index is 12.6. The van der Waals surface area contributed by atoms with E-state index in [4.69, 9.17) is 4.42 Å². The monoisotopic (exact) mass is 400 g/mol. The Kier molecular flexibility index (Phi) is 4.77. The zero-order valence-electron chi connectivity index (χ0n) is 16.8. The van der Waals surface area contributed by atoms with Crippen molar-refractivity contribution >= 4 is 28.2 Å². The van der Waals surface area contributed by atoms with Crippen LogP contribution < -0.4 is 15.5 Å². The van der Waals surface area contributed by atoms with Gasteiger partial charge in [-0.05, 0) is 74.1 Å². The van der Waals surface area contributed by atoms with Crippen molar-refractivity contribution in [3.8, 4) is 11.3 Å². The second-order valence-corrected chi connectivity index (χ2v) is 7.66. The van der Waals surface area contributed by atoms with Crippen LogP contribution in [-0.2, 0) is 0 Å². The number of nitrogens with one attached hydrogen (secondary N) is 3. The lowest BCUT2D eigenvalue weighted by Crippen LogP contribution is -2.29. The molecule has 1 aliphatic heterocycles. The van der Waals surface area contributed by atoms with E-state index in [0.717, 1.165) is 41.7 Å². The van der Waals surface area contributed by atoms with Gasteiger partial charge in [-0.3, -0.25) is 4.79 Å². The molecule has 1 atom stereocenters. The predicted molar refractivity (Wildman–Crippen MR) is 120 cm³/mol. The highest BCUT2D eigenvalue weighted by molar-refractivity contribution is 6.02. The van der Waals surface area contributed by atoms with Gasteiger partial charge in [0.05, 0.1) is 0 Å². The third kappa shape index (κ3) is 3.57. The molecule has 6 nitrogen and oxygen atoms in total. The van der Waals surface area contributed by atoms with E-state index in [2.05, 4.69) is 20.5 Å². The summed E-state index contributed by atoms with van der Waals surface area (Å²) in [7, 11) is 2.01. The van der Waals surface area contributed by atoms with Gasteiger partial charge in [0.2, 0.25) is 0 Å². The minimum Gasteiger partial charge on any atom is -0.451 e. The Morgan fingerprint density at radius 3 is 2.77 bits per heavy atom. The summed E-state index contributed by atoms with van der Waals surface area (Å²) in [4.78, 5) is 18.2. The fourth-order valence-electron chi connectivity index (χ4n) is 4.00. The summed E-state index contributed by atoms with van der Waals surface area (Å²) in [5.74, 6) is 0.708. The molecule has 0 spiro atoms. The molecule has 30 heavy (non-hydrogen) atoms. The molecule has 0 aliphatic carbocycles. The Balaban J connectivity index is 1.26. The van der Waals surface area contributed by atoms with Crippen LogP contribution in [0.25, 0.3) is 22.2 Å². The number of aromatic nitrogens is 1. The Labute approximate surface area is 174 Å². The lowest BCUT2D eigenvalue weighted by molar-refractivity contribution is 0.0997. The van der Waals surface area contributed by atoms with Crippen LogP contribution in [0.3, 0.4) is 0 Å². The van der Waals surface area contributed by atoms with Gasteiger partial charge in [-0.2, -0.15) is 0 Å². The van der Waals surface area contributed by atoms with Crippen LogP contribution in [0, 0.1) is 0 Å². The third-order valence-electron chi connectivity index (χ3n) is 5.75. The van der Waals surface area contributed by atoms with E-state index in [1.165, 1.54) is 5.69 Å². The Morgan fingerprint density at radius 2 is 1.97 bits per heavy atom. The molecule has 2 aromatic heterocycles. The summed E-state index contributed by atoms with van der Waals surface area (Å²) in [5, 5.41) is 7.35. The molecule has 4 aromatic rings. The first-order valence-electron chi connectivity index (χ1n) is 10.2. The van der Waals surface area contributed by atoms with Crippen molar-refractivity contribution in [1.29, 1.82) is 0 Å². The van der Waals surface area contributed by atoms with Crippen LogP contribution in [0.1, 0.15) is 17.0 Å². The molecule has 1 amide bonds. The third-order valence-corrected chi connectivity index (χ3v) is 5.75. The molecule has 0 saturated carbocycles. The summed E-state index contributed by atoms with van der Waals surface area (Å²) in [6, 6.07) is 20.1. The molecular formula is C24H24N4O2. The molecule has 1 unspecified atom stereocenters. The summed E-state index contributed by atoms with van der Waals surface area (Å²) in [6.45, 7) is 2.05. The molecule has 1 fully saturated rings. The number of rotatable bonds is 5. The molecule has 2 aromatic carbocycles. The zero-order valence-corrected chi connectivity index (χ0v) is 16.8. The fraction of sp³-hybridized carbons (Fsp3) is 0.208. The molecule has 1 saturated heterocycles. The molecule has 5 rings (SSSR count). The molecule has 3 N–H and O–H groups in total. The van der Waals surface area contributed by atoms with E-state index in [9.17, 15) is 4.79 Å². The van der Waals surface area contributed by atoms with Gasteiger partial charge in [0.15, 0.2) is 5.76 Å². The quantitative estimate of drug-likeness (QED) is 0.462. The molecule has 0 bridgehead atoms. The van der Waals surface area contributed by atoms with Crippen LogP contribution in [0.5, 0.6) is 0 Å². The highest BCUT2D eigenvalue weighted by Gasteiger charge is 2.21. The fourth-order valence-corrected chi connectivity index (χ4v) is 4.00. The maximum Gasteiger partial charge on any atom is 0.291 e. The van der Waals surface area contributed by atoms with E-state index in [0.29, 0.717) is 17.6 Å². The first kappa shape index (κ1) is 18.5. The highest BCUT2D eigenvalue weighted by atomic mass is 16.3. The van der Waals surface area contributed by atoms with Crippen molar-refractivity contribution in [3.05, 3.63) is 72.6 Å². The van der Waals surface area contributed by atoms with Gasteiger partial charge in [-0.15, -0.1) is 0 Å². The van der Waals surface area contributed by atoms with Gasteiger partial charge in [0.25, 0.3) is 5.91 Å². The molecule has 0 radical (unpaired) electrons. The summed E-state index contributed by atoms with van der Waals surface area (Å²) < 4.78 is 5.82. The molecular weight excluding hydrogens is 376 g/mol. The number of benzene rings is 2. The lowest BCUT2D eigenvalue weighted by Gasteiger charge is -2.19. The number of anilines is 2. The summed E-state index contributed by atoms with van der Waals surface area (Å²) in [6.07, 6.45) is 3.05. The van der Waals surface area contributed by atoms with Crippen molar-refractivity contribution < 1.29 is 9.21 Å². The zero-order chi connectivity index (χ0) is 20.5. The standard InChI is InChI=1S/C24H24N4O2/c1-25-19-11-13-28(15-19)20-5-3-18(4-6-20)27-24(29)23-9-8-22(30-23)17-2-7-21-16(14-17)10-12-26-21/h2-10,12,14,19,25-26H,11,13,15H2,1H3,(H,27,29). The van der Waals surface area contributed by atoms with Crippen LogP contribution in [0.15, 0.2) is 71.3 Å². The van der Waals surface area contributed by atoms with Gasteiger partial charge >= 0.3 is 0 Å². The van der Waals surface area contributed by atoms with Crippen LogP contribution in [-0.4, -0.2) is 37.1 Å². The predicted octanol–water partition coefficient (Wildman–Crippen LogP) is 4.48. The van der Waals surface area contributed by atoms with Gasteiger partial charge in [-0.1, -0.05) is 0 Å². The number of aromatic amines is 1. The van der Waals surface area contributed by atoms with Gasteiger partial charge in [0.1, 0.15) is 5.76 Å². The van der Waals surface area contributed by atoms with Gasteiger partial charge in [0, 0.05) is 53.2 Å². The minimum atomic E-state index is -0.256. The van der Waals surface area contributed by atoms with Gasteiger partial charge in [-0.25, -0.2) is 0 Å². The Morgan fingerprint density at radius 1 is 1.10 bits per heavy atom. The van der Waals surface area contributed by atoms with Crippen molar-refractivity contribution in [3.63, 3.8) is 0 Å². The number of carbonyl (C=O) groups excluding carboxylic acids is 1. The van der Waals surface area contributed by atoms with Gasteiger partial charge < -0.3 is 24.9 Å². The van der Waals surface area contributed by atoms with E-state index in [1.54, 1.807) is 6.07 Å². The second kappa shape index (κ2) is 7.72. The van der Waals surface area contributed by atoms with Crippen molar-refractivity contribution in [2.75, 3.05) is 30.4 Å². The van der Waals surface area contributed by atoms with Crippen molar-refractivity contribution in [2.24, 2.45) is 0 Å². The second-order valence-electron chi connectivity index (χ2n) is 7.66. The van der Waals surface area contributed by atoms with E-state index < -0.39 is 0 Å². The molecule has 3 heterocycles. The number of carbonyl (C=O) groups is 1. The van der Waals surface area contributed by atoms with Crippen LogP contribution >= 0.6 is 0 Å². The summed E-state index contributed by atoms with van der Waals surface area (Å²) in [5.41, 5.74) is 3.93. The van der Waals surface area contributed by atoms with Crippen LogP contribution in [0.2, 0.25) is 0 Å². The highest BCUT2D eigenvalue weighted by Crippen LogP contribution is 2.27. The van der Waals surface area contributed by atoms with Crippen LogP contribution in [0.4, 0.5) is 11.4 Å². The lowest BCUT2D eigenvalue weighted by atomic mass is 10.1. The number of hydrogen-bond donors (Lipinski definition) is 3. The number of hydrogen-bond acceptors (Lipinski definition) is 4. The molecule has 6 heteroatoms. The molecule has 1 aliphatic rings. The van der Waals surface area contributed by atoms with Crippen molar-refractivity contribution in [2.45, 2.75) is 12.5 Å². The normalized spacial score (nSPS) is 16.3. The largest absolute Gasteiger partial charge is 0.451 e. The maximum absolute atomic E-state index is 12.6. The van der Waals surface area contributed by atoms with Crippen molar-refractivity contribution in [1.82, 2.24) is 10.3 Å². The van der Waals surface area contributed by atoms with E-state index >= 15 is 0 Å². The number of furan rings is 1. The molecule has 152 valence electrons. The number of nitrogens with zero attached hydrogens (tertiary/aromatic N) is 1.